The Kier molecular flexibility index (Phi) is 3.32. The minimum absolute atomic E-state index is 0.154. The van der Waals surface area contributed by atoms with Gasteiger partial charge >= 0.3 is 18.1 Å². The molecule has 136 valence electrons. The third-order valence-corrected chi connectivity index (χ3v) is 5.24. The van der Waals surface area contributed by atoms with Crippen molar-refractivity contribution in [1.82, 2.24) is 15.1 Å². The van der Waals surface area contributed by atoms with Crippen molar-refractivity contribution in [2.45, 2.75) is 44.0 Å². The van der Waals surface area contributed by atoms with Gasteiger partial charge in [-0.3, -0.25) is 0 Å². The van der Waals surface area contributed by atoms with Gasteiger partial charge in [0, 0.05) is 12.6 Å². The molecule has 3 aliphatic rings. The molecule has 4 rings (SSSR count). The van der Waals surface area contributed by atoms with Crippen LogP contribution >= 0.6 is 0 Å². The lowest BCUT2D eigenvalue weighted by Gasteiger charge is -2.35. The van der Waals surface area contributed by atoms with Crippen LogP contribution in [0.3, 0.4) is 0 Å². The van der Waals surface area contributed by atoms with E-state index in [1.54, 1.807) is 6.07 Å². The Morgan fingerprint density at radius 1 is 1.56 bits per heavy atom. The maximum Gasteiger partial charge on any atom is 0.476 e. The van der Waals surface area contributed by atoms with Crippen molar-refractivity contribution in [2.75, 3.05) is 6.54 Å². The standard InChI is InChI=1S/C14H16F2N4O5/c15-14(16,11(21)22)25-20-10-6-19(12(20)23)9(4-13(10)1-2-13)8-3-7(5-17)24-18-8/h3,9-10H,1-2,4-6,17H2,(H,21,22)/t9-,10+/m0/s1. The summed E-state index contributed by atoms with van der Waals surface area (Å²) < 4.78 is 32.1. The molecule has 2 saturated heterocycles. The maximum absolute atomic E-state index is 13.5. The first-order valence-electron chi connectivity index (χ1n) is 7.83. The Hall–Kier alpha value is -2.27. The number of alkyl halides is 2. The van der Waals surface area contributed by atoms with Gasteiger partial charge in [-0.15, -0.1) is 0 Å². The van der Waals surface area contributed by atoms with Crippen molar-refractivity contribution in [3.05, 3.63) is 17.5 Å². The highest BCUT2D eigenvalue weighted by Gasteiger charge is 2.65. The summed E-state index contributed by atoms with van der Waals surface area (Å²) in [6.07, 6.45) is -2.45. The largest absolute Gasteiger partial charge is 0.476 e. The van der Waals surface area contributed by atoms with Crippen molar-refractivity contribution in [1.29, 1.82) is 0 Å². The van der Waals surface area contributed by atoms with Crippen molar-refractivity contribution < 1.29 is 32.8 Å². The van der Waals surface area contributed by atoms with E-state index in [0.29, 0.717) is 22.9 Å². The maximum atomic E-state index is 13.5. The summed E-state index contributed by atoms with van der Waals surface area (Å²) in [7, 11) is 0. The number of fused-ring (bicyclic) bond motifs is 3. The van der Waals surface area contributed by atoms with E-state index < -0.39 is 30.2 Å². The monoisotopic (exact) mass is 358 g/mol. The van der Waals surface area contributed by atoms with Gasteiger partial charge < -0.3 is 20.3 Å². The Morgan fingerprint density at radius 2 is 2.28 bits per heavy atom. The minimum Gasteiger partial charge on any atom is -0.475 e. The van der Waals surface area contributed by atoms with Crippen molar-refractivity contribution >= 4 is 12.0 Å². The second-order valence-corrected chi connectivity index (χ2v) is 6.69. The van der Waals surface area contributed by atoms with Gasteiger partial charge in [-0.2, -0.15) is 18.7 Å². The van der Waals surface area contributed by atoms with Gasteiger partial charge in [0.1, 0.15) is 5.69 Å². The highest BCUT2D eigenvalue weighted by molar-refractivity contribution is 5.78. The molecule has 3 N–H and O–H groups in total. The molecule has 0 unspecified atom stereocenters. The molecular formula is C14H16F2N4O5. The lowest BCUT2D eigenvalue weighted by Crippen LogP contribution is -2.47. The molecule has 2 aliphatic heterocycles. The van der Waals surface area contributed by atoms with Crippen LogP contribution in [0.25, 0.3) is 0 Å². The Labute approximate surface area is 140 Å². The Morgan fingerprint density at radius 3 is 2.84 bits per heavy atom. The number of hydrogen-bond donors (Lipinski definition) is 2. The smallest absolute Gasteiger partial charge is 0.475 e. The van der Waals surface area contributed by atoms with Crippen LogP contribution in [0.15, 0.2) is 10.6 Å². The number of amides is 2. The zero-order valence-corrected chi connectivity index (χ0v) is 13.0. The number of aromatic nitrogens is 1. The molecule has 0 radical (unpaired) electrons. The normalized spacial score (nSPS) is 27.2. The SMILES string of the molecule is NCc1cc([C@@H]2CC3(CC3)[C@H]3CN2C(=O)N3OC(F)(F)C(=O)O)no1. The number of rotatable bonds is 5. The molecule has 3 heterocycles. The van der Waals surface area contributed by atoms with Gasteiger partial charge in [-0.1, -0.05) is 5.16 Å². The van der Waals surface area contributed by atoms with E-state index in [0.717, 1.165) is 12.8 Å². The molecular weight excluding hydrogens is 342 g/mol. The van der Waals surface area contributed by atoms with E-state index in [4.69, 9.17) is 15.4 Å². The van der Waals surface area contributed by atoms with Gasteiger partial charge in [0.15, 0.2) is 5.76 Å². The summed E-state index contributed by atoms with van der Waals surface area (Å²) in [6, 6.07) is -0.203. The van der Waals surface area contributed by atoms with Gasteiger partial charge in [-0.05, 0) is 24.7 Å². The molecule has 1 aliphatic carbocycles. The first-order valence-corrected chi connectivity index (χ1v) is 7.83. The van der Waals surface area contributed by atoms with E-state index >= 15 is 0 Å². The second-order valence-electron chi connectivity index (χ2n) is 6.69. The van der Waals surface area contributed by atoms with Crippen LogP contribution in [0, 0.1) is 5.41 Å². The summed E-state index contributed by atoms with van der Waals surface area (Å²) >= 11 is 0. The zero-order valence-electron chi connectivity index (χ0n) is 13.0. The number of nitrogens with two attached hydrogens (primary N) is 1. The number of carbonyl (C=O) groups is 2. The molecule has 25 heavy (non-hydrogen) atoms. The quantitative estimate of drug-likeness (QED) is 0.807. The summed E-state index contributed by atoms with van der Waals surface area (Å²) in [5, 5.41) is 13.0. The highest BCUT2D eigenvalue weighted by atomic mass is 19.3. The average Bonchev–Trinajstić information content (AvgIpc) is 3.06. The molecule has 2 amide bonds. The Bertz CT molecular complexity index is 735. The molecule has 2 bridgehead atoms. The zero-order chi connectivity index (χ0) is 18.0. The number of hydrogen-bond acceptors (Lipinski definition) is 6. The molecule has 2 atom stereocenters. The summed E-state index contributed by atoms with van der Waals surface area (Å²) in [5.41, 5.74) is 5.63. The number of hydroxylamine groups is 2. The van der Waals surface area contributed by atoms with Crippen molar-refractivity contribution in [3.63, 3.8) is 0 Å². The van der Waals surface area contributed by atoms with Crippen molar-refractivity contribution in [2.24, 2.45) is 11.1 Å². The fourth-order valence-electron chi connectivity index (χ4n) is 3.74. The predicted octanol–water partition coefficient (Wildman–Crippen LogP) is 1.07. The number of carboxylic acids is 1. The van der Waals surface area contributed by atoms with Crippen LogP contribution in [0.4, 0.5) is 13.6 Å². The summed E-state index contributed by atoms with van der Waals surface area (Å²) in [5.74, 6) is -1.98. The molecule has 1 aromatic heterocycles. The third-order valence-electron chi connectivity index (χ3n) is 5.24. The molecule has 9 nitrogen and oxygen atoms in total. The molecule has 1 spiro atoms. The van der Waals surface area contributed by atoms with Crippen LogP contribution in [0.2, 0.25) is 0 Å². The van der Waals surface area contributed by atoms with Gasteiger partial charge in [0.25, 0.3) is 0 Å². The lowest BCUT2D eigenvalue weighted by atomic mass is 9.84. The van der Waals surface area contributed by atoms with Crippen LogP contribution in [-0.2, 0) is 16.2 Å². The lowest BCUT2D eigenvalue weighted by molar-refractivity contribution is -0.330. The molecule has 0 aromatic carbocycles. The predicted molar refractivity (Wildman–Crippen MR) is 74.8 cm³/mol. The number of halogens is 2. The topological polar surface area (TPSA) is 122 Å². The molecule has 1 aromatic rings. The van der Waals surface area contributed by atoms with Crippen molar-refractivity contribution in [3.8, 4) is 0 Å². The highest BCUT2D eigenvalue weighted by Crippen LogP contribution is 2.62. The number of carboxylic acid groups (broad SMARTS) is 1. The van der Waals surface area contributed by atoms with E-state index in [9.17, 15) is 18.4 Å². The second kappa shape index (κ2) is 5.11. The number of piperidine rings is 1. The van der Waals surface area contributed by atoms with E-state index in [1.165, 1.54) is 4.90 Å². The first-order chi connectivity index (χ1) is 11.8. The van der Waals surface area contributed by atoms with Crippen LogP contribution in [-0.4, -0.2) is 50.9 Å². The number of aliphatic carboxylic acids is 1. The van der Waals surface area contributed by atoms with Crippen LogP contribution in [0.1, 0.15) is 36.8 Å². The van der Waals surface area contributed by atoms with Crippen LogP contribution < -0.4 is 5.73 Å². The molecule has 1 saturated carbocycles. The molecule has 11 heteroatoms. The van der Waals surface area contributed by atoms with Gasteiger partial charge in [0.05, 0.1) is 18.6 Å². The fourth-order valence-corrected chi connectivity index (χ4v) is 3.74. The van der Waals surface area contributed by atoms with E-state index in [-0.39, 0.29) is 18.5 Å². The average molecular weight is 358 g/mol. The molecule has 3 fully saturated rings. The number of urea groups is 1. The number of carbonyl (C=O) groups excluding carboxylic acids is 1. The van der Waals surface area contributed by atoms with Crippen LogP contribution in [0.5, 0.6) is 0 Å². The summed E-state index contributed by atoms with van der Waals surface area (Å²) in [4.78, 5) is 28.9. The first kappa shape index (κ1) is 16.2. The summed E-state index contributed by atoms with van der Waals surface area (Å²) in [6.45, 7) is 0.325. The van der Waals surface area contributed by atoms with E-state index in [1.807, 2.05) is 0 Å². The Balaban J connectivity index is 1.64. The minimum atomic E-state index is -4.47. The van der Waals surface area contributed by atoms with Gasteiger partial charge in [0.2, 0.25) is 0 Å². The van der Waals surface area contributed by atoms with Gasteiger partial charge in [-0.25, -0.2) is 9.59 Å². The van der Waals surface area contributed by atoms with E-state index in [2.05, 4.69) is 9.99 Å². The number of nitrogens with zero attached hydrogens (tertiary/aromatic N) is 3. The third kappa shape index (κ3) is 2.37. The fraction of sp³-hybridized carbons (Fsp3) is 0.643.